The molecule has 0 aliphatic carbocycles. The highest BCUT2D eigenvalue weighted by Crippen LogP contribution is 2.30. The molecule has 3 aromatic rings. The molecule has 5 nitrogen and oxygen atoms in total. The lowest BCUT2D eigenvalue weighted by Crippen LogP contribution is -2.33. The van der Waals surface area contributed by atoms with Crippen LogP contribution in [-0.2, 0) is 24.1 Å². The predicted octanol–water partition coefficient (Wildman–Crippen LogP) is 3.68. The van der Waals surface area contributed by atoms with Crippen LogP contribution in [0.15, 0.2) is 41.1 Å². The van der Waals surface area contributed by atoms with Crippen molar-refractivity contribution < 1.29 is 18.1 Å². The molecule has 0 unspecified atom stereocenters. The summed E-state index contributed by atoms with van der Waals surface area (Å²) >= 11 is 0. The first-order valence-corrected chi connectivity index (χ1v) is 9.36. The number of halogens is 1. The summed E-state index contributed by atoms with van der Waals surface area (Å²) in [5.74, 6) is -0.459. The largest absolute Gasteiger partial charge is 0.464 e. The summed E-state index contributed by atoms with van der Waals surface area (Å²) in [6.07, 6.45) is 3.02. The van der Waals surface area contributed by atoms with Crippen molar-refractivity contribution in [3.8, 4) is 11.1 Å². The highest BCUT2D eigenvalue weighted by atomic mass is 32.2. The first-order chi connectivity index (χ1) is 12.3. The highest BCUT2D eigenvalue weighted by Gasteiger charge is 2.20. The van der Waals surface area contributed by atoms with Gasteiger partial charge in [0, 0.05) is 22.7 Å². The van der Waals surface area contributed by atoms with Crippen LogP contribution in [0.5, 0.6) is 0 Å². The molecule has 0 bridgehead atoms. The molecule has 3 rings (SSSR count). The third-order valence-electron chi connectivity index (χ3n) is 4.02. The molecular weight excluding hydrogens is 355 g/mol. The van der Waals surface area contributed by atoms with Gasteiger partial charge in [-0.3, -0.25) is 4.98 Å². The molecule has 1 atom stereocenters. The number of hydrogen-bond donors (Lipinski definition) is 2. The van der Waals surface area contributed by atoms with Crippen LogP contribution in [0, 0.1) is 5.82 Å². The Morgan fingerprint density at radius 1 is 1.31 bits per heavy atom. The van der Waals surface area contributed by atoms with Crippen molar-refractivity contribution in [2.75, 3.05) is 0 Å². The van der Waals surface area contributed by atoms with E-state index in [1.54, 1.807) is 24.3 Å². The number of aliphatic hydroxyl groups excluding tert-OH is 1. The molecule has 1 aromatic carbocycles. The van der Waals surface area contributed by atoms with E-state index in [0.717, 1.165) is 5.39 Å². The number of nitrogens with zero attached hydrogens (tertiary/aromatic N) is 1. The Balaban J connectivity index is 1.93. The van der Waals surface area contributed by atoms with E-state index in [1.807, 2.05) is 20.8 Å². The van der Waals surface area contributed by atoms with E-state index in [4.69, 9.17) is 4.42 Å². The molecule has 2 aromatic heterocycles. The van der Waals surface area contributed by atoms with Crippen molar-refractivity contribution >= 4 is 22.0 Å². The quantitative estimate of drug-likeness (QED) is 0.712. The number of nitrogens with one attached hydrogen (secondary N) is 1. The van der Waals surface area contributed by atoms with Gasteiger partial charge in [0.25, 0.3) is 0 Å². The van der Waals surface area contributed by atoms with E-state index in [9.17, 15) is 13.7 Å². The van der Waals surface area contributed by atoms with Gasteiger partial charge >= 0.3 is 0 Å². The second-order valence-electron chi connectivity index (χ2n) is 6.95. The molecule has 0 saturated carbocycles. The maximum atomic E-state index is 14.9. The van der Waals surface area contributed by atoms with Crippen molar-refractivity contribution in [2.45, 2.75) is 38.7 Å². The van der Waals surface area contributed by atoms with Crippen molar-refractivity contribution in [1.29, 1.82) is 0 Å². The number of furan rings is 1. The van der Waals surface area contributed by atoms with Crippen LogP contribution in [0.4, 0.5) is 4.39 Å². The topological polar surface area (TPSA) is 75.4 Å². The minimum absolute atomic E-state index is 0.0688. The zero-order valence-electron chi connectivity index (χ0n) is 14.9. The normalized spacial score (nSPS) is 13.3. The second kappa shape index (κ2) is 7.26. The number of benzene rings is 1. The summed E-state index contributed by atoms with van der Waals surface area (Å²) in [6.45, 7) is 5.45. The molecule has 138 valence electrons. The number of fused-ring (bicyclic) bond motifs is 1. The Kier molecular flexibility index (Phi) is 5.22. The maximum absolute atomic E-state index is 14.9. The molecule has 0 aliphatic heterocycles. The number of aliphatic hydroxyl groups is 1. The number of rotatable bonds is 5. The monoisotopic (exact) mass is 376 g/mol. The Hall–Kier alpha value is -2.09. The Morgan fingerprint density at radius 3 is 2.77 bits per heavy atom. The lowest BCUT2D eigenvalue weighted by Gasteiger charge is -2.18. The molecule has 0 radical (unpaired) electrons. The molecule has 0 amide bonds. The van der Waals surface area contributed by atoms with Crippen molar-refractivity contribution in [2.24, 2.45) is 0 Å². The van der Waals surface area contributed by atoms with Gasteiger partial charge in [-0.15, -0.1) is 0 Å². The fourth-order valence-corrected chi connectivity index (χ4v) is 3.26. The van der Waals surface area contributed by atoms with Crippen LogP contribution in [0.25, 0.3) is 22.1 Å². The van der Waals surface area contributed by atoms with E-state index >= 15 is 0 Å². The molecule has 0 spiro atoms. The minimum atomic E-state index is -1.31. The van der Waals surface area contributed by atoms with Gasteiger partial charge in [0.15, 0.2) is 5.82 Å². The van der Waals surface area contributed by atoms with Gasteiger partial charge in [-0.1, -0.05) is 6.07 Å². The zero-order valence-corrected chi connectivity index (χ0v) is 15.7. The van der Waals surface area contributed by atoms with Crippen molar-refractivity contribution in [3.63, 3.8) is 0 Å². The highest BCUT2D eigenvalue weighted by molar-refractivity contribution is 7.84. The van der Waals surface area contributed by atoms with Gasteiger partial charge in [-0.05, 0) is 44.5 Å². The molecule has 7 heteroatoms. The smallest absolute Gasteiger partial charge is 0.153 e. The molecule has 0 aliphatic rings. The van der Waals surface area contributed by atoms with Gasteiger partial charge < -0.3 is 9.52 Å². The van der Waals surface area contributed by atoms with Gasteiger partial charge in [-0.25, -0.2) is 13.3 Å². The summed E-state index contributed by atoms with van der Waals surface area (Å²) in [6, 6.07) is 6.89. The summed E-state index contributed by atoms with van der Waals surface area (Å²) in [4.78, 5) is 4.07. The van der Waals surface area contributed by atoms with Crippen LogP contribution in [0.3, 0.4) is 0 Å². The van der Waals surface area contributed by atoms with E-state index in [1.165, 1.54) is 12.5 Å². The Bertz CT molecular complexity index is 963. The summed E-state index contributed by atoms with van der Waals surface area (Å²) in [5.41, 5.74) is 2.54. The fraction of sp³-hybridized carbons (Fsp3) is 0.316. The summed E-state index contributed by atoms with van der Waals surface area (Å²) in [7, 11) is -1.31. The van der Waals surface area contributed by atoms with Gasteiger partial charge in [0.2, 0.25) is 0 Å². The lowest BCUT2D eigenvalue weighted by molar-refractivity contribution is 0.282. The lowest BCUT2D eigenvalue weighted by atomic mass is 10.0. The molecule has 2 heterocycles. The van der Waals surface area contributed by atoms with Crippen molar-refractivity contribution in [3.05, 3.63) is 53.8 Å². The fourth-order valence-electron chi connectivity index (χ4n) is 2.56. The molecule has 0 fully saturated rings. The van der Waals surface area contributed by atoms with E-state index in [-0.39, 0.29) is 18.8 Å². The van der Waals surface area contributed by atoms with Crippen LogP contribution >= 0.6 is 0 Å². The third kappa shape index (κ3) is 3.70. The van der Waals surface area contributed by atoms with Gasteiger partial charge in [0.05, 0.1) is 40.8 Å². The van der Waals surface area contributed by atoms with E-state index in [2.05, 4.69) is 9.71 Å². The number of pyridine rings is 1. The Morgan fingerprint density at radius 2 is 2.08 bits per heavy atom. The molecular formula is C19H21FN2O3S. The molecule has 2 N–H and O–H groups in total. The number of hydrogen-bond acceptors (Lipinski definition) is 4. The van der Waals surface area contributed by atoms with E-state index in [0.29, 0.717) is 22.3 Å². The van der Waals surface area contributed by atoms with Crippen molar-refractivity contribution in [1.82, 2.24) is 9.71 Å². The van der Waals surface area contributed by atoms with Crippen LogP contribution in [-0.4, -0.2) is 19.0 Å². The average molecular weight is 376 g/mol. The molecule has 0 saturated heterocycles. The minimum Gasteiger partial charge on any atom is -0.464 e. The summed E-state index contributed by atoms with van der Waals surface area (Å²) in [5, 5.41) is 10.1. The molecule has 26 heavy (non-hydrogen) atoms. The predicted molar refractivity (Wildman–Crippen MR) is 100 cm³/mol. The maximum Gasteiger partial charge on any atom is 0.153 e. The Labute approximate surface area is 153 Å². The van der Waals surface area contributed by atoms with Crippen LogP contribution in [0.1, 0.15) is 32.0 Å². The standard InChI is InChI=1S/C19H21FN2O3S/c1-19(2,3)26(24)22-9-16-18(20)14(6-7-21-16)12-4-5-17-15(8-12)13(10-23)11-25-17/h4-8,11,22-23H,9-10H2,1-3H3/t26-/m1/s1. The first kappa shape index (κ1) is 18.7. The second-order valence-corrected chi connectivity index (χ2v) is 9.00. The van der Waals surface area contributed by atoms with E-state index < -0.39 is 21.5 Å². The first-order valence-electron chi connectivity index (χ1n) is 8.21. The average Bonchev–Trinajstić information content (AvgIpc) is 3.02. The van der Waals surface area contributed by atoms with Crippen LogP contribution < -0.4 is 4.72 Å². The zero-order chi connectivity index (χ0) is 18.9. The van der Waals surface area contributed by atoms with Gasteiger partial charge in [0.1, 0.15) is 5.58 Å². The summed E-state index contributed by atoms with van der Waals surface area (Å²) < 4.78 is 34.8. The number of aromatic nitrogens is 1. The van der Waals surface area contributed by atoms with Crippen LogP contribution in [0.2, 0.25) is 0 Å². The van der Waals surface area contributed by atoms with Gasteiger partial charge in [-0.2, -0.15) is 0 Å². The SMILES string of the molecule is CC(C)(C)[S@@](=O)NCc1nccc(-c2ccc3occ(CO)c3c2)c1F. The third-order valence-corrected chi connectivity index (χ3v) is 5.54.